The fraction of sp³-hybridized carbons (Fsp3) is 0.286. The van der Waals surface area contributed by atoms with Crippen LogP contribution in [-0.2, 0) is 6.42 Å². The van der Waals surface area contributed by atoms with Crippen molar-refractivity contribution in [2.45, 2.75) is 26.2 Å². The van der Waals surface area contributed by atoms with Crippen LogP contribution in [0, 0.1) is 0 Å². The first-order chi connectivity index (χ1) is 9.40. The summed E-state index contributed by atoms with van der Waals surface area (Å²) in [5, 5.41) is 1.61. The molecule has 6 heteroatoms. The van der Waals surface area contributed by atoms with E-state index in [0.717, 1.165) is 15.7 Å². The third-order valence-corrected chi connectivity index (χ3v) is 4.82. The highest BCUT2D eigenvalue weighted by atomic mass is 79.9. The third-order valence-electron chi connectivity index (χ3n) is 2.83. The number of nitrogens with zero attached hydrogens (tertiary/aromatic N) is 2. The molecule has 0 aliphatic heterocycles. The second-order valence-corrected chi connectivity index (χ2v) is 6.63. The van der Waals surface area contributed by atoms with E-state index in [0.29, 0.717) is 27.4 Å². The molecule has 106 valence electrons. The lowest BCUT2D eigenvalue weighted by molar-refractivity contribution is 0.784. The van der Waals surface area contributed by atoms with Crippen LogP contribution in [0.1, 0.15) is 36.8 Å². The van der Waals surface area contributed by atoms with Crippen molar-refractivity contribution in [1.82, 2.24) is 9.97 Å². The molecule has 0 amide bonds. The van der Waals surface area contributed by atoms with Gasteiger partial charge in [-0.05, 0) is 39.5 Å². The summed E-state index contributed by atoms with van der Waals surface area (Å²) in [6.07, 6.45) is 0.450. The van der Waals surface area contributed by atoms with Gasteiger partial charge in [-0.3, -0.25) is 0 Å². The lowest BCUT2D eigenvalue weighted by Crippen LogP contribution is -2.04. The Morgan fingerprint density at radius 2 is 1.70 bits per heavy atom. The number of halogens is 4. The van der Waals surface area contributed by atoms with Crippen molar-refractivity contribution in [3.8, 4) is 0 Å². The number of benzene rings is 1. The van der Waals surface area contributed by atoms with E-state index in [9.17, 15) is 0 Å². The van der Waals surface area contributed by atoms with Crippen LogP contribution in [-0.4, -0.2) is 9.97 Å². The molecular formula is C14H12BrCl3N2. The molecule has 0 radical (unpaired) electrons. The van der Waals surface area contributed by atoms with Crippen LogP contribution >= 0.6 is 50.7 Å². The van der Waals surface area contributed by atoms with Crippen LogP contribution in [0.3, 0.4) is 0 Å². The van der Waals surface area contributed by atoms with Gasteiger partial charge in [0.05, 0.1) is 10.2 Å². The highest BCUT2D eigenvalue weighted by Crippen LogP contribution is 2.31. The average Bonchev–Trinajstić information content (AvgIpc) is 2.37. The predicted octanol–water partition coefficient (Wildman–Crippen LogP) is 5.91. The van der Waals surface area contributed by atoms with Gasteiger partial charge in [-0.1, -0.05) is 54.7 Å². The van der Waals surface area contributed by atoms with Gasteiger partial charge in [-0.2, -0.15) is 0 Å². The summed E-state index contributed by atoms with van der Waals surface area (Å²) < 4.78 is 0.739. The Labute approximate surface area is 141 Å². The molecule has 1 heterocycles. The van der Waals surface area contributed by atoms with E-state index in [1.54, 1.807) is 12.1 Å². The largest absolute Gasteiger partial charge is 0.236 e. The smallest absolute Gasteiger partial charge is 0.147 e. The Kier molecular flexibility index (Phi) is 5.30. The molecule has 2 rings (SSSR count). The van der Waals surface area contributed by atoms with Gasteiger partial charge in [0.2, 0.25) is 0 Å². The highest BCUT2D eigenvalue weighted by Gasteiger charge is 2.15. The van der Waals surface area contributed by atoms with Gasteiger partial charge < -0.3 is 0 Å². The highest BCUT2D eigenvalue weighted by molar-refractivity contribution is 9.10. The fourth-order valence-electron chi connectivity index (χ4n) is 1.80. The van der Waals surface area contributed by atoms with E-state index < -0.39 is 0 Å². The van der Waals surface area contributed by atoms with Crippen molar-refractivity contribution in [3.63, 3.8) is 0 Å². The van der Waals surface area contributed by atoms with Crippen LogP contribution in [0.5, 0.6) is 0 Å². The zero-order valence-corrected chi connectivity index (χ0v) is 14.8. The van der Waals surface area contributed by atoms with Crippen LogP contribution in [0.25, 0.3) is 0 Å². The number of rotatable bonds is 3. The second kappa shape index (κ2) is 6.61. The van der Waals surface area contributed by atoms with Crippen molar-refractivity contribution in [1.29, 1.82) is 0 Å². The first-order valence-corrected chi connectivity index (χ1v) is 7.97. The molecule has 20 heavy (non-hydrogen) atoms. The van der Waals surface area contributed by atoms with Crippen molar-refractivity contribution in [3.05, 3.63) is 55.0 Å². The molecular weight excluding hydrogens is 382 g/mol. The van der Waals surface area contributed by atoms with Gasteiger partial charge in [0.15, 0.2) is 0 Å². The zero-order chi connectivity index (χ0) is 14.9. The first-order valence-electron chi connectivity index (χ1n) is 6.04. The summed E-state index contributed by atoms with van der Waals surface area (Å²) in [5.41, 5.74) is 1.69. The maximum Gasteiger partial charge on any atom is 0.147 e. The van der Waals surface area contributed by atoms with E-state index in [-0.39, 0.29) is 5.92 Å². The maximum atomic E-state index is 6.17. The normalized spacial score (nSPS) is 11.2. The molecule has 0 aliphatic carbocycles. The van der Waals surface area contributed by atoms with Crippen LogP contribution in [0.2, 0.25) is 15.2 Å². The van der Waals surface area contributed by atoms with Crippen LogP contribution in [0.4, 0.5) is 0 Å². The van der Waals surface area contributed by atoms with Crippen molar-refractivity contribution >= 4 is 50.7 Å². The molecule has 2 aromatic rings. The van der Waals surface area contributed by atoms with Gasteiger partial charge in [0, 0.05) is 16.5 Å². The van der Waals surface area contributed by atoms with Gasteiger partial charge in [0.25, 0.3) is 0 Å². The second-order valence-electron chi connectivity index (χ2n) is 4.66. The Morgan fingerprint density at radius 1 is 1.10 bits per heavy atom. The van der Waals surface area contributed by atoms with Gasteiger partial charge >= 0.3 is 0 Å². The van der Waals surface area contributed by atoms with E-state index in [4.69, 9.17) is 34.8 Å². The average molecular weight is 395 g/mol. The maximum absolute atomic E-state index is 6.17. The Balaban J connectivity index is 2.44. The van der Waals surface area contributed by atoms with Gasteiger partial charge in [-0.15, -0.1) is 0 Å². The minimum atomic E-state index is 0.241. The lowest BCUT2D eigenvalue weighted by Gasteiger charge is -2.12. The molecule has 1 aromatic heterocycles. The van der Waals surface area contributed by atoms with Crippen molar-refractivity contribution < 1.29 is 0 Å². The molecule has 0 aliphatic rings. The molecule has 0 atom stereocenters. The Hall–Kier alpha value is -0.350. The predicted molar refractivity (Wildman–Crippen MR) is 88.1 cm³/mol. The molecule has 0 bridgehead atoms. The minimum absolute atomic E-state index is 0.241. The van der Waals surface area contributed by atoms with Crippen molar-refractivity contribution in [2.75, 3.05) is 0 Å². The van der Waals surface area contributed by atoms with E-state index in [1.807, 2.05) is 6.07 Å². The minimum Gasteiger partial charge on any atom is -0.236 e. The Bertz CT molecular complexity index is 624. The third kappa shape index (κ3) is 3.45. The van der Waals surface area contributed by atoms with Gasteiger partial charge in [0.1, 0.15) is 11.0 Å². The zero-order valence-electron chi connectivity index (χ0n) is 10.9. The standard InChI is InChI=1S/C14H12BrCl3N2/c1-7(2)13-12(15)14(18)20-11(19-13)6-8-9(16)4-3-5-10(8)17/h3-5,7H,6H2,1-2H3. The number of hydrogen-bond donors (Lipinski definition) is 0. The van der Waals surface area contributed by atoms with Crippen LogP contribution in [0.15, 0.2) is 22.7 Å². The molecule has 0 saturated carbocycles. The summed E-state index contributed by atoms with van der Waals surface area (Å²) in [5.74, 6) is 0.849. The Morgan fingerprint density at radius 3 is 2.25 bits per heavy atom. The van der Waals surface area contributed by atoms with Crippen LogP contribution < -0.4 is 0 Å². The molecule has 0 fully saturated rings. The molecule has 1 aromatic carbocycles. The van der Waals surface area contributed by atoms with E-state index in [2.05, 4.69) is 39.7 Å². The SMILES string of the molecule is CC(C)c1nc(Cc2c(Cl)cccc2Cl)nc(Cl)c1Br. The first kappa shape index (κ1) is 16.0. The molecule has 0 N–H and O–H groups in total. The lowest BCUT2D eigenvalue weighted by atomic mass is 10.1. The molecule has 0 saturated heterocycles. The van der Waals surface area contributed by atoms with E-state index in [1.165, 1.54) is 0 Å². The number of hydrogen-bond acceptors (Lipinski definition) is 2. The summed E-state index contributed by atoms with van der Waals surface area (Å²) in [4.78, 5) is 8.83. The van der Waals surface area contributed by atoms with Crippen molar-refractivity contribution in [2.24, 2.45) is 0 Å². The molecule has 0 unspecified atom stereocenters. The summed E-state index contributed by atoms with van der Waals surface area (Å²) in [6, 6.07) is 5.41. The summed E-state index contributed by atoms with van der Waals surface area (Å²) >= 11 is 21.9. The quantitative estimate of drug-likeness (QED) is 0.605. The molecule has 0 spiro atoms. The fourth-order valence-corrected chi connectivity index (χ4v) is 3.16. The number of aromatic nitrogens is 2. The summed E-state index contributed by atoms with van der Waals surface area (Å²) in [6.45, 7) is 4.10. The molecule has 2 nitrogen and oxygen atoms in total. The van der Waals surface area contributed by atoms with E-state index >= 15 is 0 Å². The monoisotopic (exact) mass is 392 g/mol. The van der Waals surface area contributed by atoms with Gasteiger partial charge in [-0.25, -0.2) is 9.97 Å². The topological polar surface area (TPSA) is 25.8 Å². The summed E-state index contributed by atoms with van der Waals surface area (Å²) in [7, 11) is 0.